The SMILES string of the molecule is CC1(C)c2ccccc2-c2cc(-n3c4ccccc4c4c5oc6c(ccc7c6c6ccccc6n7-c6ccc7c(c6)C(C)(C)c6ccccc6-7)c5ccc43)ccc21. The molecule has 0 radical (unpaired) electrons. The van der Waals surface area contributed by atoms with Crippen molar-refractivity contribution in [3.63, 3.8) is 0 Å². The summed E-state index contributed by atoms with van der Waals surface area (Å²) in [5.74, 6) is 0. The molecule has 3 aromatic heterocycles. The summed E-state index contributed by atoms with van der Waals surface area (Å²) < 4.78 is 12.1. The van der Waals surface area contributed by atoms with Crippen molar-refractivity contribution < 1.29 is 4.42 Å². The van der Waals surface area contributed by atoms with Gasteiger partial charge in [0.15, 0.2) is 0 Å². The molecule has 0 aliphatic heterocycles. The van der Waals surface area contributed by atoms with Gasteiger partial charge in [0.2, 0.25) is 0 Å². The van der Waals surface area contributed by atoms with E-state index in [9.17, 15) is 0 Å². The number of aromatic nitrogens is 2. The molecule has 2 aliphatic rings. The largest absolute Gasteiger partial charge is 0.455 e. The molecular weight excluding hydrogens is 693 g/mol. The van der Waals surface area contributed by atoms with Crippen molar-refractivity contribution in [2.24, 2.45) is 0 Å². The molecular formula is C54H38N2O. The Bertz CT molecular complexity index is 3580. The van der Waals surface area contributed by atoms with E-state index in [4.69, 9.17) is 4.42 Å². The van der Waals surface area contributed by atoms with Gasteiger partial charge in [-0.3, -0.25) is 0 Å². The normalized spacial score (nSPS) is 14.9. The number of fused-ring (bicyclic) bond motifs is 17. The Morgan fingerprint density at radius 1 is 0.351 bits per heavy atom. The molecule has 3 heterocycles. The topological polar surface area (TPSA) is 23.0 Å². The van der Waals surface area contributed by atoms with Gasteiger partial charge in [-0.25, -0.2) is 0 Å². The molecule has 0 saturated heterocycles. The Kier molecular flexibility index (Phi) is 5.78. The lowest BCUT2D eigenvalue weighted by Gasteiger charge is -2.22. The van der Waals surface area contributed by atoms with Crippen LogP contribution >= 0.6 is 0 Å². The van der Waals surface area contributed by atoms with Gasteiger partial charge in [-0.1, -0.05) is 125 Å². The van der Waals surface area contributed by atoms with E-state index < -0.39 is 0 Å². The van der Waals surface area contributed by atoms with Gasteiger partial charge in [0.1, 0.15) is 11.2 Å². The van der Waals surface area contributed by atoms with E-state index in [1.165, 1.54) is 72.0 Å². The number of hydrogen-bond acceptors (Lipinski definition) is 1. The number of nitrogens with zero attached hydrogens (tertiary/aromatic N) is 2. The fourth-order valence-electron chi connectivity index (χ4n) is 11.0. The summed E-state index contributed by atoms with van der Waals surface area (Å²) in [6, 6.07) is 58.6. The zero-order chi connectivity index (χ0) is 37.9. The van der Waals surface area contributed by atoms with Crippen molar-refractivity contribution in [1.29, 1.82) is 0 Å². The van der Waals surface area contributed by atoms with Crippen LogP contribution in [0.1, 0.15) is 49.9 Å². The minimum Gasteiger partial charge on any atom is -0.455 e. The summed E-state index contributed by atoms with van der Waals surface area (Å²) in [6.45, 7) is 9.40. The Morgan fingerprint density at radius 3 is 1.42 bits per heavy atom. The number of hydrogen-bond donors (Lipinski definition) is 0. The highest BCUT2D eigenvalue weighted by Gasteiger charge is 2.37. The van der Waals surface area contributed by atoms with E-state index in [1.54, 1.807) is 0 Å². The van der Waals surface area contributed by atoms with Gasteiger partial charge in [0.25, 0.3) is 0 Å². The van der Waals surface area contributed by atoms with Gasteiger partial charge in [-0.2, -0.15) is 0 Å². The summed E-state index contributed by atoms with van der Waals surface area (Å²) >= 11 is 0. The fraction of sp³-hybridized carbons (Fsp3) is 0.111. The fourth-order valence-corrected chi connectivity index (χ4v) is 11.0. The second kappa shape index (κ2) is 10.5. The van der Waals surface area contributed by atoms with Crippen molar-refractivity contribution in [3.8, 4) is 33.6 Å². The first kappa shape index (κ1) is 31.4. The molecule has 11 aromatic rings. The molecule has 0 atom stereocenters. The molecule has 3 nitrogen and oxygen atoms in total. The quantitative estimate of drug-likeness (QED) is 0.174. The van der Waals surface area contributed by atoms with Gasteiger partial charge >= 0.3 is 0 Å². The van der Waals surface area contributed by atoms with Crippen LogP contribution in [0.3, 0.4) is 0 Å². The van der Waals surface area contributed by atoms with Gasteiger partial charge in [0.05, 0.1) is 32.8 Å². The third kappa shape index (κ3) is 3.82. The maximum absolute atomic E-state index is 7.26. The summed E-state index contributed by atoms with van der Waals surface area (Å²) in [6.07, 6.45) is 0. The zero-order valence-electron chi connectivity index (χ0n) is 32.3. The Balaban J connectivity index is 1.06. The average molecular weight is 731 g/mol. The summed E-state index contributed by atoms with van der Waals surface area (Å²) in [5.41, 5.74) is 19.6. The molecule has 0 bridgehead atoms. The first-order valence-corrected chi connectivity index (χ1v) is 20.1. The van der Waals surface area contributed by atoms with Crippen LogP contribution in [0.5, 0.6) is 0 Å². The Morgan fingerprint density at radius 2 is 0.807 bits per heavy atom. The molecule has 2 aliphatic carbocycles. The standard InChI is InChI=1S/C54H38N2O/c1-53(2)42-18-10-6-14-34(42)40-29-31(22-26-43(40)53)55-45-19-11-7-15-38(45)49-47(55)27-24-36-37-25-28-48-50(52(37)57-51(36)49)39-16-8-12-20-46(39)56(48)32-21-23-35-33-13-5-9-17-41(33)54(3,4)44(35)30-32/h5-30H,1-4H3. The maximum Gasteiger partial charge on any atom is 0.145 e. The van der Waals surface area contributed by atoms with E-state index in [0.29, 0.717) is 0 Å². The molecule has 0 N–H and O–H groups in total. The maximum atomic E-state index is 7.26. The molecule has 0 amide bonds. The lowest BCUT2D eigenvalue weighted by Crippen LogP contribution is -2.15. The van der Waals surface area contributed by atoms with Crippen LogP contribution in [-0.2, 0) is 10.8 Å². The van der Waals surface area contributed by atoms with Gasteiger partial charge in [0, 0.05) is 43.7 Å². The molecule has 0 unspecified atom stereocenters. The first-order chi connectivity index (χ1) is 27.8. The monoisotopic (exact) mass is 730 g/mol. The minimum atomic E-state index is -0.0852. The smallest absolute Gasteiger partial charge is 0.145 e. The molecule has 13 rings (SSSR count). The number of para-hydroxylation sites is 2. The highest BCUT2D eigenvalue weighted by atomic mass is 16.3. The number of furan rings is 1. The Hall–Kier alpha value is -6.84. The second-order valence-corrected chi connectivity index (χ2v) is 17.3. The van der Waals surface area contributed by atoms with Crippen LogP contribution in [0.15, 0.2) is 162 Å². The first-order valence-electron chi connectivity index (χ1n) is 20.1. The summed E-state index contributed by atoms with van der Waals surface area (Å²) in [5, 5.41) is 6.97. The van der Waals surface area contributed by atoms with Crippen LogP contribution in [0.4, 0.5) is 0 Å². The highest BCUT2D eigenvalue weighted by Crippen LogP contribution is 2.52. The van der Waals surface area contributed by atoms with Gasteiger partial charge < -0.3 is 13.6 Å². The highest BCUT2D eigenvalue weighted by molar-refractivity contribution is 6.29. The Labute approximate surface area is 330 Å². The molecule has 0 spiro atoms. The zero-order valence-corrected chi connectivity index (χ0v) is 32.3. The number of rotatable bonds is 2. The van der Waals surface area contributed by atoms with Crippen molar-refractivity contribution >= 4 is 65.6 Å². The lowest BCUT2D eigenvalue weighted by atomic mass is 9.82. The molecule has 57 heavy (non-hydrogen) atoms. The van der Waals surface area contributed by atoms with Crippen molar-refractivity contribution in [1.82, 2.24) is 9.13 Å². The third-order valence-corrected chi connectivity index (χ3v) is 13.7. The van der Waals surface area contributed by atoms with E-state index in [0.717, 1.165) is 49.4 Å². The lowest BCUT2D eigenvalue weighted by molar-refractivity contribution is 0.660. The van der Waals surface area contributed by atoms with E-state index in [1.807, 2.05) is 0 Å². The molecule has 270 valence electrons. The van der Waals surface area contributed by atoms with Crippen LogP contribution < -0.4 is 0 Å². The second-order valence-electron chi connectivity index (χ2n) is 17.3. The average Bonchev–Trinajstić information content (AvgIpc) is 3.99. The van der Waals surface area contributed by atoms with E-state index >= 15 is 0 Å². The summed E-state index contributed by atoms with van der Waals surface area (Å²) in [7, 11) is 0. The van der Waals surface area contributed by atoms with Gasteiger partial charge in [-0.15, -0.1) is 0 Å². The molecule has 3 heteroatoms. The van der Waals surface area contributed by atoms with Gasteiger partial charge in [-0.05, 0) is 105 Å². The predicted molar refractivity (Wildman–Crippen MR) is 238 cm³/mol. The van der Waals surface area contributed by atoms with Crippen LogP contribution in [0, 0.1) is 0 Å². The molecule has 0 saturated carbocycles. The number of benzene rings is 8. The van der Waals surface area contributed by atoms with E-state index in [2.05, 4.69) is 195 Å². The van der Waals surface area contributed by atoms with Crippen LogP contribution in [0.25, 0.3) is 99.2 Å². The minimum absolute atomic E-state index is 0.0385. The van der Waals surface area contributed by atoms with Crippen molar-refractivity contribution in [3.05, 3.63) is 180 Å². The van der Waals surface area contributed by atoms with Crippen molar-refractivity contribution in [2.45, 2.75) is 38.5 Å². The van der Waals surface area contributed by atoms with Crippen LogP contribution in [-0.4, -0.2) is 9.13 Å². The van der Waals surface area contributed by atoms with Crippen molar-refractivity contribution in [2.75, 3.05) is 0 Å². The van der Waals surface area contributed by atoms with Crippen LogP contribution in [0.2, 0.25) is 0 Å². The third-order valence-electron chi connectivity index (χ3n) is 13.7. The predicted octanol–water partition coefficient (Wildman–Crippen LogP) is 14.4. The molecule has 8 aromatic carbocycles. The summed E-state index contributed by atoms with van der Waals surface area (Å²) in [4.78, 5) is 0. The molecule has 0 fully saturated rings. The van der Waals surface area contributed by atoms with E-state index in [-0.39, 0.29) is 10.8 Å².